The van der Waals surface area contributed by atoms with Gasteiger partial charge in [0.15, 0.2) is 0 Å². The van der Waals surface area contributed by atoms with Crippen LogP contribution < -0.4 is 0 Å². The van der Waals surface area contributed by atoms with Crippen LogP contribution in [-0.4, -0.2) is 86.6 Å². The summed E-state index contributed by atoms with van der Waals surface area (Å²) >= 11 is 0. The molecule has 3 unspecified atom stereocenters. The maximum absolute atomic E-state index is 12.8. The minimum atomic E-state index is -1.63. The molecule has 0 radical (unpaired) electrons. The van der Waals surface area contributed by atoms with E-state index in [9.17, 15) is 15.0 Å². The highest BCUT2D eigenvalue weighted by atomic mass is 16.5. The van der Waals surface area contributed by atoms with E-state index in [0.29, 0.717) is 18.3 Å². The summed E-state index contributed by atoms with van der Waals surface area (Å²) in [5.41, 5.74) is 1.69. The number of rotatable bonds is 5. The number of hydrogen-bond donors (Lipinski definition) is 5. The van der Waals surface area contributed by atoms with Crippen molar-refractivity contribution in [2.45, 2.75) is 103 Å². The van der Waals surface area contributed by atoms with Crippen molar-refractivity contribution < 1.29 is 35.1 Å². The van der Waals surface area contributed by atoms with E-state index < -0.39 is 17.8 Å². The molecule has 2 fully saturated rings. The number of aliphatic hydroxyl groups excluding tert-OH is 4. The number of piperidine rings is 1. The van der Waals surface area contributed by atoms with Crippen molar-refractivity contribution in [2.75, 3.05) is 33.4 Å². The lowest BCUT2D eigenvalue weighted by Crippen LogP contribution is -2.60. The summed E-state index contributed by atoms with van der Waals surface area (Å²) in [6.07, 6.45) is 7.08. The van der Waals surface area contributed by atoms with Crippen molar-refractivity contribution in [3.63, 3.8) is 0 Å². The monoisotopic (exact) mass is 602 g/mol. The molecule has 4 heterocycles. The number of aliphatic hydroxyl groups is 5. The normalized spacial score (nSPS) is 31.5. The third-order valence-electron chi connectivity index (χ3n) is 10.6. The molecule has 4 aliphatic rings. The fourth-order valence-electron chi connectivity index (χ4n) is 8.31. The van der Waals surface area contributed by atoms with Gasteiger partial charge < -0.3 is 34.8 Å². The number of esters is 1. The number of benzene rings is 1. The Morgan fingerprint density at radius 2 is 1.84 bits per heavy atom. The third-order valence-corrected chi connectivity index (χ3v) is 10.6. The van der Waals surface area contributed by atoms with Crippen LogP contribution in [-0.2, 0) is 21.7 Å². The molecule has 1 saturated carbocycles. The quantitative estimate of drug-likeness (QED) is 0.327. The van der Waals surface area contributed by atoms with Gasteiger partial charge in [-0.05, 0) is 79.9 Å². The van der Waals surface area contributed by atoms with Gasteiger partial charge >= 0.3 is 5.97 Å². The Hall–Kier alpha value is -2.01. The number of para-hydroxylation sites is 1. The molecule has 1 aromatic heterocycles. The molecule has 0 bridgehead atoms. The summed E-state index contributed by atoms with van der Waals surface area (Å²) in [5.74, 6) is 1.40. The lowest BCUT2D eigenvalue weighted by Gasteiger charge is -2.57. The minimum absolute atomic E-state index is 0.0289. The molecule has 0 amide bonds. The van der Waals surface area contributed by atoms with Gasteiger partial charge in [0.25, 0.3) is 0 Å². The number of carbonyl (C=O) groups excluding carboxylic acids is 1. The van der Waals surface area contributed by atoms with Crippen molar-refractivity contribution in [3.8, 4) is 0 Å². The smallest absolute Gasteiger partial charge is 0.359 e. The van der Waals surface area contributed by atoms with E-state index in [1.807, 2.05) is 22.8 Å². The first-order chi connectivity index (χ1) is 20.5. The summed E-state index contributed by atoms with van der Waals surface area (Å²) in [6, 6.07) is 8.45. The van der Waals surface area contributed by atoms with E-state index in [1.54, 1.807) is 0 Å². The Labute approximate surface area is 256 Å². The van der Waals surface area contributed by atoms with E-state index in [4.69, 9.17) is 20.1 Å². The van der Waals surface area contributed by atoms with Gasteiger partial charge in [0.05, 0.1) is 38.0 Å². The highest BCUT2D eigenvalue weighted by Gasteiger charge is 2.60. The van der Waals surface area contributed by atoms with Crippen molar-refractivity contribution in [3.05, 3.63) is 35.5 Å². The summed E-state index contributed by atoms with van der Waals surface area (Å²) in [6.45, 7) is 10.3. The molecule has 242 valence electrons. The first-order valence-electron chi connectivity index (χ1n) is 16.2. The number of fused-ring (bicyclic) bond motifs is 3. The van der Waals surface area contributed by atoms with Crippen LogP contribution in [0.1, 0.15) is 89.9 Å². The number of methoxy groups -OCH3 is 1. The zero-order valence-electron chi connectivity index (χ0n) is 26.7. The summed E-state index contributed by atoms with van der Waals surface area (Å²) in [4.78, 5) is 15.4. The first-order valence-corrected chi connectivity index (χ1v) is 16.2. The second-order valence-corrected chi connectivity index (χ2v) is 13.6. The lowest BCUT2D eigenvalue weighted by molar-refractivity contribution is -0.194. The van der Waals surface area contributed by atoms with Crippen LogP contribution in [0.3, 0.4) is 0 Å². The average Bonchev–Trinajstić information content (AvgIpc) is 3.36. The van der Waals surface area contributed by atoms with Gasteiger partial charge in [0, 0.05) is 24.0 Å². The molecule has 0 spiro atoms. The van der Waals surface area contributed by atoms with Crippen LogP contribution in [0.2, 0.25) is 0 Å². The number of aromatic nitrogens is 1. The fourth-order valence-corrected chi connectivity index (χ4v) is 8.31. The molecule has 2 aromatic rings. The Morgan fingerprint density at radius 3 is 2.42 bits per heavy atom. The standard InChI is InChI=1S/C21H26N2O3.C10H20O.C3H8O3/c1-3-20-10-6-11-22-12-9-15-14-7-4-5-8-16(14)23(17(15)18(20)22)21(25,13-20)19(24)26-2;1-7(2)9-5-4-8(3)6-10(9)11;4-1-3(6)2-5/h4-5,7-8,18,25H,3,6,9-13H2,1-2H3;7-11H,4-6H2,1-3H3;3-6H,1-2H2/t18-,20+,21+;;/m1../s1. The predicted molar refractivity (Wildman–Crippen MR) is 166 cm³/mol. The Kier molecular flexibility index (Phi) is 11.0. The van der Waals surface area contributed by atoms with E-state index in [2.05, 4.69) is 38.7 Å². The molecule has 6 rings (SSSR count). The summed E-state index contributed by atoms with van der Waals surface area (Å²) in [5, 5.41) is 46.6. The topological polar surface area (TPSA) is 136 Å². The molecule has 1 saturated heterocycles. The summed E-state index contributed by atoms with van der Waals surface area (Å²) in [7, 11) is 1.37. The fraction of sp³-hybridized carbons (Fsp3) is 0.735. The number of nitrogens with zero attached hydrogens (tertiary/aromatic N) is 2. The van der Waals surface area contributed by atoms with Crippen molar-refractivity contribution in [1.29, 1.82) is 0 Å². The van der Waals surface area contributed by atoms with E-state index in [1.165, 1.54) is 30.9 Å². The molecule has 9 heteroatoms. The second-order valence-electron chi connectivity index (χ2n) is 13.6. The highest BCUT2D eigenvalue weighted by Crippen LogP contribution is 2.60. The molecule has 43 heavy (non-hydrogen) atoms. The van der Waals surface area contributed by atoms with Crippen LogP contribution in [0.4, 0.5) is 0 Å². The van der Waals surface area contributed by atoms with Crippen LogP contribution in [0, 0.1) is 23.2 Å². The van der Waals surface area contributed by atoms with Gasteiger partial charge in [-0.25, -0.2) is 4.79 Å². The van der Waals surface area contributed by atoms with Crippen molar-refractivity contribution in [1.82, 2.24) is 9.47 Å². The number of hydrogen-bond acceptors (Lipinski definition) is 8. The van der Waals surface area contributed by atoms with Crippen LogP contribution in [0.5, 0.6) is 0 Å². The van der Waals surface area contributed by atoms with E-state index >= 15 is 0 Å². The first kappa shape index (κ1) is 33.9. The number of ether oxygens (including phenoxy) is 1. The number of carbonyl (C=O) groups is 1. The van der Waals surface area contributed by atoms with E-state index in [0.717, 1.165) is 62.3 Å². The van der Waals surface area contributed by atoms with Crippen molar-refractivity contribution >= 4 is 16.9 Å². The minimum Gasteiger partial charge on any atom is -0.465 e. The molecule has 5 N–H and O–H groups in total. The molecule has 3 aliphatic heterocycles. The Morgan fingerprint density at radius 1 is 1.14 bits per heavy atom. The Balaban J connectivity index is 0.000000206. The largest absolute Gasteiger partial charge is 0.465 e. The molecular formula is C34H54N2O7. The van der Waals surface area contributed by atoms with Gasteiger partial charge in [0.2, 0.25) is 5.72 Å². The molecule has 6 atom stereocenters. The van der Waals surface area contributed by atoms with Gasteiger partial charge in [-0.1, -0.05) is 52.3 Å². The molecule has 1 aromatic carbocycles. The van der Waals surface area contributed by atoms with Crippen LogP contribution >= 0.6 is 0 Å². The zero-order valence-corrected chi connectivity index (χ0v) is 26.7. The predicted octanol–water partition coefficient (Wildman–Crippen LogP) is 3.72. The van der Waals surface area contributed by atoms with Crippen LogP contribution in [0.25, 0.3) is 10.9 Å². The second kappa shape index (κ2) is 14.0. The maximum Gasteiger partial charge on any atom is 0.359 e. The zero-order chi connectivity index (χ0) is 31.5. The highest BCUT2D eigenvalue weighted by molar-refractivity contribution is 5.90. The van der Waals surface area contributed by atoms with E-state index in [-0.39, 0.29) is 30.8 Å². The summed E-state index contributed by atoms with van der Waals surface area (Å²) < 4.78 is 7.01. The van der Waals surface area contributed by atoms with Gasteiger partial charge in [-0.2, -0.15) is 0 Å². The van der Waals surface area contributed by atoms with Crippen LogP contribution in [0.15, 0.2) is 24.3 Å². The molecule has 1 aliphatic carbocycles. The SMILES string of the molecule is CC1CCC(C(C)C)C(O)C1.CC[C@]12CCCN3CCc4c(n(c5ccccc45)[C@@](O)(C(=O)OC)C1)[C@@H]32.OCC(O)CO. The third kappa shape index (κ3) is 6.40. The molecule has 9 nitrogen and oxygen atoms in total. The van der Waals surface area contributed by atoms with Gasteiger partial charge in [-0.15, -0.1) is 0 Å². The van der Waals surface area contributed by atoms with Gasteiger partial charge in [-0.3, -0.25) is 4.90 Å². The lowest BCUT2D eigenvalue weighted by atomic mass is 9.62. The Bertz CT molecular complexity index is 1230. The maximum atomic E-state index is 12.8. The van der Waals surface area contributed by atoms with Crippen molar-refractivity contribution in [2.24, 2.45) is 23.2 Å². The molecular weight excluding hydrogens is 548 g/mol. The van der Waals surface area contributed by atoms with Gasteiger partial charge in [0.1, 0.15) is 6.10 Å². The average molecular weight is 603 g/mol.